The van der Waals surface area contributed by atoms with Gasteiger partial charge in [-0.2, -0.15) is 13.2 Å². The molecular weight excluding hydrogens is 395 g/mol. The van der Waals surface area contributed by atoms with Gasteiger partial charge in [0.2, 0.25) is 5.95 Å². The SMILES string of the molecule is CCC(CNc1ncc(C(F)(F)F)cn1)N(C)C(=O)c1nc(C)cc2ccccc12. The lowest BCUT2D eigenvalue weighted by Gasteiger charge is -2.27. The second kappa shape index (κ2) is 8.64. The van der Waals surface area contributed by atoms with Crippen LogP contribution in [0, 0.1) is 6.92 Å². The summed E-state index contributed by atoms with van der Waals surface area (Å²) in [4.78, 5) is 26.6. The Morgan fingerprint density at radius 3 is 2.50 bits per heavy atom. The summed E-state index contributed by atoms with van der Waals surface area (Å²) in [6, 6.07) is 9.25. The van der Waals surface area contributed by atoms with Gasteiger partial charge in [-0.1, -0.05) is 31.2 Å². The van der Waals surface area contributed by atoms with Crippen molar-refractivity contribution in [1.82, 2.24) is 19.9 Å². The van der Waals surface area contributed by atoms with Gasteiger partial charge in [-0.15, -0.1) is 0 Å². The molecule has 2 heterocycles. The number of pyridine rings is 1. The molecule has 1 amide bonds. The van der Waals surface area contributed by atoms with E-state index >= 15 is 0 Å². The van der Waals surface area contributed by atoms with Crippen LogP contribution >= 0.6 is 0 Å². The molecule has 0 aliphatic carbocycles. The predicted molar refractivity (Wildman–Crippen MR) is 108 cm³/mol. The molecule has 0 aliphatic heterocycles. The summed E-state index contributed by atoms with van der Waals surface area (Å²) < 4.78 is 37.9. The average Bonchev–Trinajstić information content (AvgIpc) is 2.72. The second-order valence-corrected chi connectivity index (χ2v) is 6.99. The number of hydrogen-bond acceptors (Lipinski definition) is 5. The molecule has 0 radical (unpaired) electrons. The van der Waals surface area contributed by atoms with E-state index in [4.69, 9.17) is 0 Å². The van der Waals surface area contributed by atoms with E-state index in [9.17, 15) is 18.0 Å². The van der Waals surface area contributed by atoms with Gasteiger partial charge in [0.25, 0.3) is 5.91 Å². The number of aromatic nitrogens is 3. The molecule has 0 bridgehead atoms. The summed E-state index contributed by atoms with van der Waals surface area (Å²) in [5.74, 6) is -0.154. The first-order chi connectivity index (χ1) is 14.2. The molecule has 0 saturated heterocycles. The molecule has 9 heteroatoms. The molecule has 1 unspecified atom stereocenters. The Morgan fingerprint density at radius 2 is 1.87 bits per heavy atom. The highest BCUT2D eigenvalue weighted by atomic mass is 19.4. The van der Waals surface area contributed by atoms with Crippen LogP contribution in [0.4, 0.5) is 19.1 Å². The van der Waals surface area contributed by atoms with Crippen molar-refractivity contribution in [2.75, 3.05) is 18.9 Å². The maximum Gasteiger partial charge on any atom is 0.419 e. The fraction of sp³-hybridized carbons (Fsp3) is 0.333. The number of halogens is 3. The van der Waals surface area contributed by atoms with Gasteiger partial charge in [0.15, 0.2) is 0 Å². The number of carbonyl (C=O) groups is 1. The van der Waals surface area contributed by atoms with E-state index in [0.29, 0.717) is 12.1 Å². The van der Waals surface area contributed by atoms with Gasteiger partial charge < -0.3 is 10.2 Å². The first-order valence-corrected chi connectivity index (χ1v) is 9.47. The first-order valence-electron chi connectivity index (χ1n) is 9.47. The number of amides is 1. The molecule has 1 N–H and O–H groups in total. The van der Waals surface area contributed by atoms with Gasteiger partial charge in [-0.05, 0) is 24.8 Å². The highest BCUT2D eigenvalue weighted by Crippen LogP contribution is 2.28. The molecule has 2 aromatic heterocycles. The van der Waals surface area contributed by atoms with Gasteiger partial charge in [0, 0.05) is 43.1 Å². The molecule has 6 nitrogen and oxygen atoms in total. The van der Waals surface area contributed by atoms with Crippen molar-refractivity contribution in [3.63, 3.8) is 0 Å². The Balaban J connectivity index is 1.75. The monoisotopic (exact) mass is 417 g/mol. The minimum Gasteiger partial charge on any atom is -0.352 e. The van der Waals surface area contributed by atoms with E-state index in [-0.39, 0.29) is 24.4 Å². The number of alkyl halides is 3. The maximum atomic E-state index is 13.2. The number of nitrogens with one attached hydrogen (secondary N) is 1. The Morgan fingerprint density at radius 1 is 1.20 bits per heavy atom. The van der Waals surface area contributed by atoms with Crippen LogP contribution in [0.3, 0.4) is 0 Å². The summed E-state index contributed by atoms with van der Waals surface area (Å²) in [6.07, 6.45) is -2.40. The second-order valence-electron chi connectivity index (χ2n) is 6.99. The largest absolute Gasteiger partial charge is 0.419 e. The van der Waals surface area contributed by atoms with Gasteiger partial charge in [0.1, 0.15) is 5.69 Å². The minimum absolute atomic E-state index is 0.0708. The molecule has 3 rings (SSSR count). The molecule has 0 fully saturated rings. The quantitative estimate of drug-likeness (QED) is 0.647. The van der Waals surface area contributed by atoms with Crippen LogP contribution < -0.4 is 5.32 Å². The van der Waals surface area contributed by atoms with Crippen LogP contribution in [0.15, 0.2) is 42.7 Å². The Labute approximate surface area is 172 Å². The van der Waals surface area contributed by atoms with Crippen LogP contribution in [0.2, 0.25) is 0 Å². The van der Waals surface area contributed by atoms with E-state index < -0.39 is 11.7 Å². The van der Waals surface area contributed by atoms with Crippen LogP contribution in [0.1, 0.15) is 35.1 Å². The Kier molecular flexibility index (Phi) is 6.19. The highest BCUT2D eigenvalue weighted by Gasteiger charge is 2.31. The summed E-state index contributed by atoms with van der Waals surface area (Å²) in [7, 11) is 1.69. The van der Waals surface area contributed by atoms with Crippen molar-refractivity contribution >= 4 is 22.6 Å². The average molecular weight is 417 g/mol. The third-order valence-electron chi connectivity index (χ3n) is 4.89. The van der Waals surface area contributed by atoms with Gasteiger partial charge >= 0.3 is 6.18 Å². The molecular formula is C21H22F3N5O. The molecule has 1 aromatic carbocycles. The molecule has 3 aromatic rings. The molecule has 158 valence electrons. The number of nitrogens with zero attached hydrogens (tertiary/aromatic N) is 4. The number of likely N-dealkylation sites (N-methyl/N-ethyl adjacent to an activating group) is 1. The minimum atomic E-state index is -4.49. The van der Waals surface area contributed by atoms with Gasteiger partial charge in [-0.3, -0.25) is 4.79 Å². The van der Waals surface area contributed by atoms with Crippen molar-refractivity contribution < 1.29 is 18.0 Å². The van der Waals surface area contributed by atoms with Crippen molar-refractivity contribution in [3.8, 4) is 0 Å². The summed E-state index contributed by atoms with van der Waals surface area (Å²) in [5, 5.41) is 4.61. The van der Waals surface area contributed by atoms with Crippen LogP contribution in [0.25, 0.3) is 10.8 Å². The number of anilines is 1. The number of hydrogen-bond donors (Lipinski definition) is 1. The fourth-order valence-electron chi connectivity index (χ4n) is 3.16. The molecule has 0 aliphatic rings. The van der Waals surface area contributed by atoms with E-state index in [1.807, 2.05) is 44.2 Å². The topological polar surface area (TPSA) is 71.0 Å². The zero-order chi connectivity index (χ0) is 21.9. The van der Waals surface area contributed by atoms with Crippen molar-refractivity contribution in [3.05, 3.63) is 59.7 Å². The van der Waals surface area contributed by atoms with Crippen LogP contribution in [-0.4, -0.2) is 45.4 Å². The van der Waals surface area contributed by atoms with Crippen LogP contribution in [-0.2, 0) is 6.18 Å². The van der Waals surface area contributed by atoms with Crippen molar-refractivity contribution in [2.45, 2.75) is 32.5 Å². The number of carbonyl (C=O) groups excluding carboxylic acids is 1. The standard InChI is InChI=1S/C21H22F3N5O/c1-4-16(12-27-20-25-10-15(11-26-20)21(22,23)24)29(3)19(30)18-17-8-6-5-7-14(17)9-13(2)28-18/h5-11,16H,4,12H2,1-3H3,(H,25,26,27). The fourth-order valence-corrected chi connectivity index (χ4v) is 3.16. The lowest BCUT2D eigenvalue weighted by molar-refractivity contribution is -0.138. The summed E-state index contributed by atoms with van der Waals surface area (Å²) in [5.41, 5.74) is 0.205. The normalized spacial score (nSPS) is 12.6. The van der Waals surface area contributed by atoms with E-state index in [2.05, 4.69) is 20.3 Å². The van der Waals surface area contributed by atoms with E-state index in [1.54, 1.807) is 11.9 Å². The lowest BCUT2D eigenvalue weighted by atomic mass is 10.1. The molecule has 1 atom stereocenters. The zero-order valence-electron chi connectivity index (χ0n) is 16.9. The van der Waals surface area contributed by atoms with Crippen molar-refractivity contribution in [1.29, 1.82) is 0 Å². The predicted octanol–water partition coefficient (Wildman–Crippen LogP) is 4.31. The lowest BCUT2D eigenvalue weighted by Crippen LogP contribution is -2.41. The highest BCUT2D eigenvalue weighted by molar-refractivity contribution is 6.05. The van der Waals surface area contributed by atoms with Gasteiger partial charge in [0.05, 0.1) is 5.56 Å². The first kappa shape index (κ1) is 21.5. The third kappa shape index (κ3) is 4.67. The zero-order valence-corrected chi connectivity index (χ0v) is 16.9. The molecule has 0 saturated carbocycles. The van der Waals surface area contributed by atoms with Crippen molar-refractivity contribution in [2.24, 2.45) is 0 Å². The Bertz CT molecular complexity index is 1040. The van der Waals surface area contributed by atoms with Gasteiger partial charge in [-0.25, -0.2) is 15.0 Å². The third-order valence-corrected chi connectivity index (χ3v) is 4.89. The summed E-state index contributed by atoms with van der Waals surface area (Å²) >= 11 is 0. The number of fused-ring (bicyclic) bond motifs is 1. The molecule has 0 spiro atoms. The van der Waals surface area contributed by atoms with E-state index in [0.717, 1.165) is 28.9 Å². The smallest absolute Gasteiger partial charge is 0.352 e. The van der Waals surface area contributed by atoms with Crippen LogP contribution in [0.5, 0.6) is 0 Å². The number of benzene rings is 1. The number of aryl methyl sites for hydroxylation is 1. The van der Waals surface area contributed by atoms with E-state index in [1.165, 1.54) is 0 Å². The number of rotatable bonds is 6. The molecule has 30 heavy (non-hydrogen) atoms. The summed E-state index contributed by atoms with van der Waals surface area (Å²) in [6.45, 7) is 4.05. The Hall–Kier alpha value is -3.23. The maximum absolute atomic E-state index is 13.2.